The van der Waals surface area contributed by atoms with Crippen LogP contribution in [0.1, 0.15) is 26.6 Å². The summed E-state index contributed by atoms with van der Waals surface area (Å²) in [5, 5.41) is 1.02. The van der Waals surface area contributed by atoms with Gasteiger partial charge in [-0.15, -0.1) is 11.3 Å². The first-order valence-electron chi connectivity index (χ1n) is 7.05. The van der Waals surface area contributed by atoms with Crippen LogP contribution >= 0.6 is 22.9 Å². The molecule has 0 unspecified atom stereocenters. The molecule has 24 heavy (non-hydrogen) atoms. The molecule has 0 amide bonds. The predicted octanol–water partition coefficient (Wildman–Crippen LogP) is 3.90. The average molecular weight is 361 g/mol. The minimum Gasteiger partial charge on any atom is -0.465 e. The van der Waals surface area contributed by atoms with Gasteiger partial charge in [-0.3, -0.25) is 4.79 Å². The molecule has 0 atom stereocenters. The Morgan fingerprint density at radius 1 is 1.33 bits per heavy atom. The summed E-state index contributed by atoms with van der Waals surface area (Å²) in [6, 6.07) is 7.36. The van der Waals surface area contributed by atoms with Crippen LogP contribution in [-0.2, 0) is 4.74 Å². The van der Waals surface area contributed by atoms with Gasteiger partial charge in [0.25, 0.3) is 5.56 Å². The Labute approximate surface area is 146 Å². The largest absolute Gasteiger partial charge is 0.465 e. The van der Waals surface area contributed by atoms with Crippen molar-refractivity contribution in [1.82, 2.24) is 9.97 Å². The fourth-order valence-corrected chi connectivity index (χ4v) is 3.61. The third kappa shape index (κ3) is 2.98. The molecule has 2 aromatic heterocycles. The lowest BCUT2D eigenvalue weighted by molar-refractivity contribution is 0.0605. The number of carbonyl (C=O) groups excluding carboxylic acids is 1. The van der Waals surface area contributed by atoms with Crippen molar-refractivity contribution in [2.75, 3.05) is 7.11 Å². The summed E-state index contributed by atoms with van der Waals surface area (Å²) in [4.78, 5) is 32.1. The van der Waals surface area contributed by atoms with Crippen molar-refractivity contribution in [2.45, 2.75) is 6.92 Å². The van der Waals surface area contributed by atoms with Gasteiger partial charge in [-0.1, -0.05) is 29.8 Å². The highest BCUT2D eigenvalue weighted by Crippen LogP contribution is 2.27. The topological polar surface area (TPSA) is 72.0 Å². The Bertz CT molecular complexity index is 1020. The quantitative estimate of drug-likeness (QED) is 0.719. The monoisotopic (exact) mass is 360 g/mol. The van der Waals surface area contributed by atoms with E-state index in [9.17, 15) is 9.59 Å². The third-order valence-corrected chi connectivity index (χ3v) is 5.03. The highest BCUT2D eigenvalue weighted by atomic mass is 35.5. The van der Waals surface area contributed by atoms with Gasteiger partial charge in [0.15, 0.2) is 0 Å². The second-order valence-electron chi connectivity index (χ2n) is 5.03. The number of hydrogen-bond donors (Lipinski definition) is 1. The number of H-pyrrole nitrogens is 1. The molecule has 0 fully saturated rings. The number of thiophene rings is 1. The van der Waals surface area contributed by atoms with Gasteiger partial charge >= 0.3 is 5.97 Å². The van der Waals surface area contributed by atoms with Crippen molar-refractivity contribution in [1.29, 1.82) is 0 Å². The number of hydrogen-bond acceptors (Lipinski definition) is 5. The van der Waals surface area contributed by atoms with Crippen molar-refractivity contribution in [3.8, 4) is 0 Å². The fourth-order valence-electron chi connectivity index (χ4n) is 2.31. The van der Waals surface area contributed by atoms with Crippen LogP contribution in [-0.4, -0.2) is 23.0 Å². The summed E-state index contributed by atoms with van der Waals surface area (Å²) in [7, 11) is 1.31. The van der Waals surface area contributed by atoms with Gasteiger partial charge in [0.05, 0.1) is 12.5 Å². The van der Waals surface area contributed by atoms with Crippen molar-refractivity contribution in [3.63, 3.8) is 0 Å². The highest BCUT2D eigenvalue weighted by Gasteiger charge is 2.19. The second kappa shape index (κ2) is 6.59. The summed E-state index contributed by atoms with van der Waals surface area (Å²) in [6.45, 7) is 1.71. The SMILES string of the molecule is COC(=O)c1sc2nc(/C=C/c3ccccc3Cl)[nH]c(=O)c2c1C. The van der Waals surface area contributed by atoms with E-state index >= 15 is 0 Å². The molecule has 0 bridgehead atoms. The molecule has 3 rings (SSSR count). The maximum Gasteiger partial charge on any atom is 0.348 e. The third-order valence-electron chi connectivity index (χ3n) is 3.52. The summed E-state index contributed by atoms with van der Waals surface area (Å²) in [5.41, 5.74) is 1.11. The van der Waals surface area contributed by atoms with E-state index in [-0.39, 0.29) is 5.56 Å². The van der Waals surface area contributed by atoms with Crippen molar-refractivity contribution < 1.29 is 9.53 Å². The molecule has 0 aliphatic heterocycles. The molecule has 7 heteroatoms. The van der Waals surface area contributed by atoms with E-state index in [1.165, 1.54) is 7.11 Å². The number of nitrogens with one attached hydrogen (secondary N) is 1. The average Bonchev–Trinajstić information content (AvgIpc) is 2.90. The number of rotatable bonds is 3. The predicted molar refractivity (Wildman–Crippen MR) is 96.7 cm³/mol. The molecule has 0 aliphatic carbocycles. The molecule has 3 aromatic rings. The standard InChI is InChI=1S/C17H13ClN2O3S/c1-9-13-15(21)19-12(8-7-10-5-3-4-6-11(10)18)20-16(13)24-14(9)17(22)23-2/h3-8H,1-2H3,(H,19,20,21)/b8-7+. The van der Waals surface area contributed by atoms with E-state index in [0.29, 0.717) is 31.5 Å². The van der Waals surface area contributed by atoms with Crippen molar-refractivity contribution in [2.24, 2.45) is 0 Å². The summed E-state index contributed by atoms with van der Waals surface area (Å²) in [5.74, 6) is -0.0758. The Hall–Kier alpha value is -2.44. The van der Waals surface area contributed by atoms with Crippen LogP contribution in [0, 0.1) is 6.92 Å². The van der Waals surface area contributed by atoms with Gasteiger partial charge in [0.1, 0.15) is 15.5 Å². The zero-order chi connectivity index (χ0) is 17.3. The smallest absolute Gasteiger partial charge is 0.348 e. The zero-order valence-corrected chi connectivity index (χ0v) is 14.5. The highest BCUT2D eigenvalue weighted by molar-refractivity contribution is 7.20. The molecular formula is C17H13ClN2O3S. The molecule has 0 aliphatic rings. The van der Waals surface area contributed by atoms with Crippen LogP contribution in [0.2, 0.25) is 5.02 Å². The number of methoxy groups -OCH3 is 1. The second-order valence-corrected chi connectivity index (χ2v) is 6.44. The van der Waals surface area contributed by atoms with Gasteiger partial charge in [-0.05, 0) is 36.3 Å². The van der Waals surface area contributed by atoms with Crippen LogP contribution in [0.25, 0.3) is 22.4 Å². The molecule has 122 valence electrons. The fraction of sp³-hybridized carbons (Fsp3) is 0.118. The Morgan fingerprint density at radius 3 is 2.79 bits per heavy atom. The number of ether oxygens (including phenoxy) is 1. The number of fused-ring (bicyclic) bond motifs is 1. The molecule has 0 radical (unpaired) electrons. The van der Waals surface area contributed by atoms with Gasteiger partial charge in [0.2, 0.25) is 0 Å². The van der Waals surface area contributed by atoms with Crippen LogP contribution < -0.4 is 5.56 Å². The van der Waals surface area contributed by atoms with Gasteiger partial charge < -0.3 is 9.72 Å². The van der Waals surface area contributed by atoms with E-state index in [0.717, 1.165) is 16.9 Å². The normalized spacial score (nSPS) is 11.3. The first-order valence-corrected chi connectivity index (χ1v) is 8.25. The van der Waals surface area contributed by atoms with Gasteiger partial charge in [-0.25, -0.2) is 9.78 Å². The van der Waals surface area contributed by atoms with E-state index in [2.05, 4.69) is 9.97 Å². The minimum absolute atomic E-state index is 0.289. The number of benzene rings is 1. The molecule has 0 saturated heterocycles. The number of halogens is 1. The molecule has 1 aromatic carbocycles. The Balaban J connectivity index is 2.07. The number of aromatic amines is 1. The number of nitrogens with zero attached hydrogens (tertiary/aromatic N) is 1. The summed E-state index contributed by atoms with van der Waals surface area (Å²) < 4.78 is 4.74. The molecule has 1 N–H and O–H groups in total. The van der Waals surface area contributed by atoms with E-state index in [4.69, 9.17) is 16.3 Å². The lowest BCUT2D eigenvalue weighted by atomic mass is 10.2. The van der Waals surface area contributed by atoms with Gasteiger partial charge in [-0.2, -0.15) is 0 Å². The Morgan fingerprint density at radius 2 is 2.08 bits per heavy atom. The first kappa shape index (κ1) is 16.4. The number of aromatic nitrogens is 2. The maximum absolute atomic E-state index is 12.3. The van der Waals surface area contributed by atoms with Crippen molar-refractivity contribution in [3.05, 3.63) is 61.5 Å². The van der Waals surface area contributed by atoms with Crippen molar-refractivity contribution >= 4 is 51.3 Å². The number of esters is 1. The van der Waals surface area contributed by atoms with Crippen LogP contribution in [0.4, 0.5) is 0 Å². The zero-order valence-electron chi connectivity index (χ0n) is 12.9. The number of aryl methyl sites for hydroxylation is 1. The summed E-state index contributed by atoms with van der Waals surface area (Å²) in [6.07, 6.45) is 3.45. The molecule has 5 nitrogen and oxygen atoms in total. The van der Waals surface area contributed by atoms with E-state index in [1.807, 2.05) is 18.2 Å². The first-order chi connectivity index (χ1) is 11.5. The van der Waals surface area contributed by atoms with Crippen LogP contribution in [0.15, 0.2) is 29.1 Å². The van der Waals surface area contributed by atoms with E-state index in [1.54, 1.807) is 25.1 Å². The molecular weight excluding hydrogens is 348 g/mol. The van der Waals surface area contributed by atoms with Crippen LogP contribution in [0.3, 0.4) is 0 Å². The number of carbonyl (C=O) groups is 1. The van der Waals surface area contributed by atoms with Crippen LogP contribution in [0.5, 0.6) is 0 Å². The lowest BCUT2D eigenvalue weighted by Gasteiger charge is -1.98. The Kier molecular flexibility index (Phi) is 4.51. The molecule has 2 heterocycles. The lowest BCUT2D eigenvalue weighted by Crippen LogP contribution is -2.09. The minimum atomic E-state index is -0.469. The maximum atomic E-state index is 12.3. The van der Waals surface area contributed by atoms with Gasteiger partial charge in [0, 0.05) is 5.02 Å². The van der Waals surface area contributed by atoms with E-state index < -0.39 is 5.97 Å². The molecule has 0 saturated carbocycles. The summed E-state index contributed by atoms with van der Waals surface area (Å²) >= 11 is 7.24. The molecule has 0 spiro atoms.